The first-order valence-electron chi connectivity index (χ1n) is 5.22. The van der Waals surface area contributed by atoms with Gasteiger partial charge in [-0.05, 0) is 18.2 Å². The largest absolute Gasteiger partial charge is 0.465 e. The van der Waals surface area contributed by atoms with E-state index in [1.54, 1.807) is 30.6 Å². The van der Waals surface area contributed by atoms with Crippen LogP contribution in [0, 0.1) is 0 Å². The molecule has 0 aliphatic carbocycles. The second-order valence-electron chi connectivity index (χ2n) is 3.35. The summed E-state index contributed by atoms with van der Waals surface area (Å²) in [5.74, 6) is 0.277. The van der Waals surface area contributed by atoms with Gasteiger partial charge in [-0.2, -0.15) is 0 Å². The normalized spacial score (nSPS) is 10.1. The summed E-state index contributed by atoms with van der Waals surface area (Å²) in [4.78, 5) is 23.6. The van der Waals surface area contributed by atoms with Crippen molar-refractivity contribution in [3.05, 3.63) is 48.0 Å². The quantitative estimate of drug-likeness (QED) is 0.476. The van der Waals surface area contributed by atoms with Gasteiger partial charge >= 0.3 is 5.97 Å². The number of aromatic nitrogens is 3. The van der Waals surface area contributed by atoms with Crippen LogP contribution in [0.4, 0.5) is 0 Å². The molecule has 0 N–H and O–H groups in total. The van der Waals surface area contributed by atoms with Crippen LogP contribution in [-0.2, 0) is 10.5 Å². The number of esters is 1. The van der Waals surface area contributed by atoms with Crippen molar-refractivity contribution < 1.29 is 9.53 Å². The van der Waals surface area contributed by atoms with Crippen molar-refractivity contribution >= 4 is 17.7 Å². The predicted octanol–water partition coefficient (Wildman–Crippen LogP) is 1.95. The van der Waals surface area contributed by atoms with Crippen LogP contribution >= 0.6 is 11.8 Å². The van der Waals surface area contributed by atoms with Crippen LogP contribution in [0.15, 0.2) is 41.9 Å². The lowest BCUT2D eigenvalue weighted by atomic mass is 10.2. The average Bonchev–Trinajstić information content (AvgIpc) is 2.46. The zero-order valence-electron chi connectivity index (χ0n) is 9.74. The van der Waals surface area contributed by atoms with Gasteiger partial charge in [0, 0.05) is 24.3 Å². The van der Waals surface area contributed by atoms with Crippen molar-refractivity contribution in [2.75, 3.05) is 7.11 Å². The van der Waals surface area contributed by atoms with Gasteiger partial charge in [0.2, 0.25) is 0 Å². The third-order valence-electron chi connectivity index (χ3n) is 2.14. The lowest BCUT2D eigenvalue weighted by Gasteiger charge is -2.01. The number of pyridine rings is 1. The van der Waals surface area contributed by atoms with E-state index in [1.807, 2.05) is 0 Å². The number of hydrogen-bond donors (Lipinski definition) is 0. The van der Waals surface area contributed by atoms with Gasteiger partial charge in [-0.15, -0.1) is 0 Å². The first kappa shape index (κ1) is 12.5. The molecule has 0 saturated heterocycles. The summed E-state index contributed by atoms with van der Waals surface area (Å²) in [6.45, 7) is 0. The highest BCUT2D eigenvalue weighted by Gasteiger charge is 2.05. The molecule has 18 heavy (non-hydrogen) atoms. The van der Waals surface area contributed by atoms with Crippen LogP contribution in [-0.4, -0.2) is 28.0 Å². The maximum Gasteiger partial charge on any atom is 0.339 e. The summed E-state index contributed by atoms with van der Waals surface area (Å²) in [7, 11) is 1.35. The Morgan fingerprint density at radius 2 is 2.06 bits per heavy atom. The Morgan fingerprint density at radius 3 is 2.67 bits per heavy atom. The highest BCUT2D eigenvalue weighted by Crippen LogP contribution is 2.17. The lowest BCUT2D eigenvalue weighted by Crippen LogP contribution is -2.02. The Kier molecular flexibility index (Phi) is 4.25. The van der Waals surface area contributed by atoms with Crippen molar-refractivity contribution in [2.24, 2.45) is 0 Å². The second-order valence-corrected chi connectivity index (χ2v) is 4.29. The Bertz CT molecular complexity index is 517. The van der Waals surface area contributed by atoms with Crippen LogP contribution in [0.3, 0.4) is 0 Å². The Hall–Kier alpha value is -1.95. The number of ether oxygens (including phenoxy) is 1. The van der Waals surface area contributed by atoms with E-state index in [9.17, 15) is 4.79 Å². The topological polar surface area (TPSA) is 65.0 Å². The van der Waals surface area contributed by atoms with Gasteiger partial charge in [-0.3, -0.25) is 4.98 Å². The number of carbonyl (C=O) groups is 1. The smallest absolute Gasteiger partial charge is 0.339 e. The molecule has 0 aliphatic heterocycles. The molecule has 0 bridgehead atoms. The van der Waals surface area contributed by atoms with Gasteiger partial charge in [0.25, 0.3) is 0 Å². The van der Waals surface area contributed by atoms with Crippen LogP contribution in [0.5, 0.6) is 0 Å². The Labute approximate surface area is 109 Å². The van der Waals surface area contributed by atoms with Gasteiger partial charge in [0.15, 0.2) is 5.16 Å². The van der Waals surface area contributed by atoms with Gasteiger partial charge in [0.1, 0.15) is 0 Å². The van der Waals surface area contributed by atoms with Crippen molar-refractivity contribution in [1.29, 1.82) is 0 Å². The Balaban J connectivity index is 1.97. The molecule has 0 radical (unpaired) electrons. The zero-order chi connectivity index (χ0) is 12.8. The monoisotopic (exact) mass is 261 g/mol. The minimum absolute atomic E-state index is 0.381. The van der Waals surface area contributed by atoms with Crippen LogP contribution in [0.2, 0.25) is 0 Å². The van der Waals surface area contributed by atoms with E-state index < -0.39 is 0 Å². The molecule has 2 heterocycles. The van der Waals surface area contributed by atoms with Gasteiger partial charge in [0.05, 0.1) is 18.4 Å². The van der Waals surface area contributed by atoms with E-state index in [-0.39, 0.29) is 5.97 Å². The molecule has 2 aromatic rings. The molecule has 2 rings (SSSR count). The third kappa shape index (κ3) is 3.27. The van der Waals surface area contributed by atoms with Crippen LogP contribution in [0.1, 0.15) is 16.1 Å². The van der Waals surface area contributed by atoms with E-state index >= 15 is 0 Å². The molecule has 0 fully saturated rings. The highest BCUT2D eigenvalue weighted by atomic mass is 32.2. The summed E-state index contributed by atoms with van der Waals surface area (Å²) in [6.07, 6.45) is 4.90. The summed E-state index contributed by atoms with van der Waals surface area (Å²) >= 11 is 1.49. The zero-order valence-corrected chi connectivity index (χ0v) is 10.6. The van der Waals surface area contributed by atoms with Gasteiger partial charge < -0.3 is 4.74 Å². The number of methoxy groups -OCH3 is 1. The molecule has 0 atom stereocenters. The average molecular weight is 261 g/mol. The van der Waals surface area contributed by atoms with Crippen molar-refractivity contribution in [2.45, 2.75) is 10.9 Å². The summed E-state index contributed by atoms with van der Waals surface area (Å²) in [6, 6.07) is 5.26. The molecule has 0 amide bonds. The fraction of sp³-hybridized carbons (Fsp3) is 0.167. The van der Waals surface area contributed by atoms with Gasteiger partial charge in [-0.25, -0.2) is 14.8 Å². The first-order chi connectivity index (χ1) is 8.79. The SMILES string of the molecule is COC(=O)c1ccc(CSc2ncccn2)nc1. The number of rotatable bonds is 4. The maximum atomic E-state index is 11.2. The number of hydrogen-bond acceptors (Lipinski definition) is 6. The molecule has 92 valence electrons. The Morgan fingerprint density at radius 1 is 1.28 bits per heavy atom. The van der Waals surface area contributed by atoms with Crippen LogP contribution in [0.25, 0.3) is 0 Å². The van der Waals surface area contributed by atoms with E-state index in [4.69, 9.17) is 0 Å². The number of nitrogens with zero attached hydrogens (tertiary/aromatic N) is 3. The molecule has 6 heteroatoms. The van der Waals surface area contributed by atoms with E-state index in [0.717, 1.165) is 5.69 Å². The predicted molar refractivity (Wildman–Crippen MR) is 67.2 cm³/mol. The van der Waals surface area contributed by atoms with Crippen molar-refractivity contribution in [3.63, 3.8) is 0 Å². The highest BCUT2D eigenvalue weighted by molar-refractivity contribution is 7.98. The lowest BCUT2D eigenvalue weighted by molar-refractivity contribution is 0.0600. The second kappa shape index (κ2) is 6.11. The molecular weight excluding hydrogens is 250 g/mol. The van der Waals surface area contributed by atoms with Gasteiger partial charge in [-0.1, -0.05) is 11.8 Å². The summed E-state index contributed by atoms with van der Waals surface area (Å²) < 4.78 is 4.60. The molecule has 0 aromatic carbocycles. The molecule has 0 spiro atoms. The van der Waals surface area contributed by atoms with E-state index in [1.165, 1.54) is 25.1 Å². The fourth-order valence-electron chi connectivity index (χ4n) is 1.25. The van der Waals surface area contributed by atoms with E-state index in [2.05, 4.69) is 19.7 Å². The molecule has 5 nitrogen and oxygen atoms in total. The first-order valence-corrected chi connectivity index (χ1v) is 6.21. The maximum absolute atomic E-state index is 11.2. The minimum Gasteiger partial charge on any atom is -0.465 e. The number of thioether (sulfide) groups is 1. The summed E-state index contributed by atoms with van der Waals surface area (Å²) in [5.41, 5.74) is 1.31. The summed E-state index contributed by atoms with van der Waals surface area (Å²) in [5, 5.41) is 0.705. The minimum atomic E-state index is -0.381. The molecule has 0 aliphatic rings. The van der Waals surface area contributed by atoms with E-state index in [0.29, 0.717) is 16.5 Å². The molecule has 0 saturated carbocycles. The van der Waals surface area contributed by atoms with Crippen molar-refractivity contribution in [1.82, 2.24) is 15.0 Å². The number of carbonyl (C=O) groups excluding carboxylic acids is 1. The molecule has 0 unspecified atom stereocenters. The third-order valence-corrected chi connectivity index (χ3v) is 3.05. The van der Waals surface area contributed by atoms with Crippen molar-refractivity contribution in [3.8, 4) is 0 Å². The molecular formula is C12H11N3O2S. The molecule has 2 aromatic heterocycles. The standard InChI is InChI=1S/C12H11N3O2S/c1-17-11(16)9-3-4-10(15-7-9)8-18-12-13-5-2-6-14-12/h2-7H,8H2,1H3. The fourth-order valence-corrected chi connectivity index (χ4v) is 1.97. The van der Waals surface area contributed by atoms with Crippen LogP contribution < -0.4 is 0 Å².